The highest BCUT2D eigenvalue weighted by molar-refractivity contribution is 5.78. The molecule has 1 atom stereocenters. The molecule has 1 rings (SSSR count). The van der Waals surface area contributed by atoms with Gasteiger partial charge >= 0.3 is 6.09 Å². The Kier molecular flexibility index (Phi) is 4.61. The maximum atomic E-state index is 13.4. The largest absolute Gasteiger partial charge is 0.508 e. The molecule has 0 saturated carbocycles. The highest BCUT2D eigenvalue weighted by Crippen LogP contribution is 2.33. The second-order valence-electron chi connectivity index (χ2n) is 5.97. The second kappa shape index (κ2) is 5.71. The number of aldehydes is 1. The fourth-order valence-corrected chi connectivity index (χ4v) is 1.76. The van der Waals surface area contributed by atoms with Gasteiger partial charge in [-0.05, 0) is 45.9 Å². The third-order valence-electron chi connectivity index (χ3n) is 3.10. The molecular weight excluding hydrogens is 277 g/mol. The van der Waals surface area contributed by atoms with Gasteiger partial charge in [0.15, 0.2) is 0 Å². The first-order valence-corrected chi connectivity index (χ1v) is 6.43. The molecule has 0 bridgehead atoms. The molecule has 0 aliphatic rings. The zero-order valence-electron chi connectivity index (χ0n) is 12.8. The molecule has 1 N–H and O–H groups in total. The number of amides is 1. The van der Waals surface area contributed by atoms with Crippen LogP contribution in [0, 0.1) is 5.82 Å². The maximum absolute atomic E-state index is 13.4. The quantitative estimate of drug-likeness (QED) is 0.871. The van der Waals surface area contributed by atoms with E-state index >= 15 is 0 Å². The van der Waals surface area contributed by atoms with Crippen LogP contribution in [0.1, 0.15) is 33.3 Å². The molecule has 5 nitrogen and oxygen atoms in total. The monoisotopic (exact) mass is 297 g/mol. The minimum Gasteiger partial charge on any atom is -0.508 e. The van der Waals surface area contributed by atoms with Crippen molar-refractivity contribution in [2.24, 2.45) is 0 Å². The fourth-order valence-electron chi connectivity index (χ4n) is 1.76. The van der Waals surface area contributed by atoms with Crippen LogP contribution in [-0.2, 0) is 15.1 Å². The number of phenols is 1. The van der Waals surface area contributed by atoms with Gasteiger partial charge in [0.25, 0.3) is 0 Å². The van der Waals surface area contributed by atoms with Crippen molar-refractivity contribution >= 4 is 12.4 Å². The van der Waals surface area contributed by atoms with Crippen molar-refractivity contribution < 1.29 is 23.8 Å². The van der Waals surface area contributed by atoms with E-state index < -0.39 is 23.1 Å². The van der Waals surface area contributed by atoms with Crippen molar-refractivity contribution in [3.8, 4) is 5.75 Å². The summed E-state index contributed by atoms with van der Waals surface area (Å²) in [4.78, 5) is 24.6. The predicted octanol–water partition coefficient (Wildman–Crippen LogP) is 2.81. The van der Waals surface area contributed by atoms with Crippen LogP contribution in [0.25, 0.3) is 0 Å². The van der Waals surface area contributed by atoms with E-state index in [4.69, 9.17) is 4.74 Å². The molecule has 0 spiro atoms. The Morgan fingerprint density at radius 3 is 2.38 bits per heavy atom. The van der Waals surface area contributed by atoms with Crippen LogP contribution in [0.4, 0.5) is 9.18 Å². The zero-order chi connectivity index (χ0) is 16.4. The fraction of sp³-hybridized carbons (Fsp3) is 0.467. The molecule has 6 heteroatoms. The number of benzene rings is 1. The first-order valence-electron chi connectivity index (χ1n) is 6.43. The van der Waals surface area contributed by atoms with E-state index in [1.165, 1.54) is 14.0 Å². The number of carbonyl (C=O) groups excluding carboxylic acids is 2. The molecule has 0 heterocycles. The number of ether oxygens (including phenoxy) is 1. The van der Waals surface area contributed by atoms with E-state index in [-0.39, 0.29) is 11.3 Å². The minimum absolute atomic E-state index is 0.00846. The molecule has 1 unspecified atom stereocenters. The normalized spacial score (nSPS) is 14.2. The maximum Gasteiger partial charge on any atom is 0.411 e. The van der Waals surface area contributed by atoms with E-state index in [0.717, 1.165) is 23.1 Å². The van der Waals surface area contributed by atoms with Crippen LogP contribution >= 0.6 is 0 Å². The molecule has 0 saturated heterocycles. The average molecular weight is 297 g/mol. The van der Waals surface area contributed by atoms with Crippen molar-refractivity contribution in [1.82, 2.24) is 4.90 Å². The third kappa shape index (κ3) is 3.71. The number of hydrogen-bond acceptors (Lipinski definition) is 4. The Balaban J connectivity index is 3.23. The van der Waals surface area contributed by atoms with E-state index in [9.17, 15) is 19.1 Å². The number of hydrogen-bond donors (Lipinski definition) is 1. The molecular formula is C15H20FNO4. The summed E-state index contributed by atoms with van der Waals surface area (Å²) in [6, 6.07) is 3.22. The van der Waals surface area contributed by atoms with Gasteiger partial charge in [0, 0.05) is 12.6 Å². The van der Waals surface area contributed by atoms with Crippen LogP contribution in [0.2, 0.25) is 0 Å². The van der Waals surface area contributed by atoms with E-state index in [0.29, 0.717) is 6.29 Å². The van der Waals surface area contributed by atoms with Crippen LogP contribution in [0.15, 0.2) is 18.2 Å². The lowest BCUT2D eigenvalue weighted by Crippen LogP contribution is -2.48. The summed E-state index contributed by atoms with van der Waals surface area (Å²) < 4.78 is 18.6. The summed E-state index contributed by atoms with van der Waals surface area (Å²) in [6.45, 7) is 6.47. The Morgan fingerprint density at radius 1 is 1.33 bits per heavy atom. The molecule has 0 aliphatic carbocycles. The highest BCUT2D eigenvalue weighted by Gasteiger charge is 2.38. The summed E-state index contributed by atoms with van der Waals surface area (Å²) in [5, 5.41) is 9.86. The Bertz CT molecular complexity index is 553. The Hall–Kier alpha value is -2.11. The zero-order valence-corrected chi connectivity index (χ0v) is 12.8. The molecule has 0 aromatic heterocycles. The molecule has 21 heavy (non-hydrogen) atoms. The van der Waals surface area contributed by atoms with Gasteiger partial charge in [-0.2, -0.15) is 0 Å². The van der Waals surface area contributed by atoms with Crippen LogP contribution in [0.3, 0.4) is 0 Å². The lowest BCUT2D eigenvalue weighted by molar-refractivity contribution is -0.117. The number of phenolic OH excluding ortho intramolecular Hbond substituents is 1. The first-order chi connectivity index (χ1) is 9.51. The number of likely N-dealkylation sites (N-methyl/N-ethyl adjacent to an activating group) is 1. The van der Waals surface area contributed by atoms with Crippen LogP contribution < -0.4 is 0 Å². The predicted molar refractivity (Wildman–Crippen MR) is 75.5 cm³/mol. The number of aromatic hydroxyl groups is 1. The summed E-state index contributed by atoms with van der Waals surface area (Å²) in [7, 11) is 1.35. The van der Waals surface area contributed by atoms with E-state index in [2.05, 4.69) is 0 Å². The van der Waals surface area contributed by atoms with Gasteiger partial charge in [-0.15, -0.1) is 0 Å². The highest BCUT2D eigenvalue weighted by atomic mass is 19.1. The van der Waals surface area contributed by atoms with Gasteiger partial charge in [-0.1, -0.05) is 0 Å². The first kappa shape index (κ1) is 16.9. The van der Waals surface area contributed by atoms with Crippen molar-refractivity contribution in [2.45, 2.75) is 38.8 Å². The van der Waals surface area contributed by atoms with Gasteiger partial charge < -0.3 is 14.6 Å². The van der Waals surface area contributed by atoms with Crippen LogP contribution in [0.5, 0.6) is 5.75 Å². The van der Waals surface area contributed by atoms with Crippen molar-refractivity contribution in [1.29, 1.82) is 0 Å². The summed E-state index contributed by atoms with van der Waals surface area (Å²) in [6.07, 6.45) is -0.286. The lowest BCUT2D eigenvalue weighted by Gasteiger charge is -2.35. The Morgan fingerprint density at radius 2 is 1.90 bits per heavy atom. The second-order valence-corrected chi connectivity index (χ2v) is 5.97. The van der Waals surface area contributed by atoms with Crippen molar-refractivity contribution in [2.75, 3.05) is 7.05 Å². The van der Waals surface area contributed by atoms with E-state index in [1.807, 2.05) is 0 Å². The van der Waals surface area contributed by atoms with Gasteiger partial charge in [-0.3, -0.25) is 4.90 Å². The number of carbonyl (C=O) groups is 2. The minimum atomic E-state index is -1.55. The summed E-state index contributed by atoms with van der Waals surface area (Å²) in [5.41, 5.74) is -2.29. The SMILES string of the molecule is CN(C(=O)OC(C)(C)C)C(C)(C=O)c1cc(F)ccc1O. The van der Waals surface area contributed by atoms with E-state index in [1.54, 1.807) is 20.8 Å². The number of rotatable bonds is 3. The van der Waals surface area contributed by atoms with Gasteiger partial charge in [0.1, 0.15) is 29.0 Å². The summed E-state index contributed by atoms with van der Waals surface area (Å²) >= 11 is 0. The standard InChI is InChI=1S/C15H20FNO4/c1-14(2,3)21-13(20)17(5)15(4,9-18)11-8-10(16)6-7-12(11)19/h6-9,19H,1-5H3. The molecule has 0 aliphatic heterocycles. The topological polar surface area (TPSA) is 66.8 Å². The van der Waals surface area contributed by atoms with Gasteiger partial charge in [0.2, 0.25) is 0 Å². The molecule has 116 valence electrons. The number of halogens is 1. The smallest absolute Gasteiger partial charge is 0.411 e. The molecule has 1 aromatic carbocycles. The Labute approximate surface area is 123 Å². The third-order valence-corrected chi connectivity index (χ3v) is 3.10. The average Bonchev–Trinajstić information content (AvgIpc) is 2.37. The molecule has 1 aromatic rings. The van der Waals surface area contributed by atoms with Gasteiger partial charge in [-0.25, -0.2) is 9.18 Å². The van der Waals surface area contributed by atoms with Crippen molar-refractivity contribution in [3.05, 3.63) is 29.6 Å². The molecule has 0 radical (unpaired) electrons. The number of nitrogens with zero attached hydrogens (tertiary/aromatic N) is 1. The molecule has 0 fully saturated rings. The van der Waals surface area contributed by atoms with Crippen LogP contribution in [-0.4, -0.2) is 35.0 Å². The molecule has 1 amide bonds. The summed E-state index contributed by atoms with van der Waals surface area (Å²) in [5.74, 6) is -0.894. The lowest BCUT2D eigenvalue weighted by atomic mass is 9.91. The van der Waals surface area contributed by atoms with Gasteiger partial charge in [0.05, 0.1) is 0 Å². The van der Waals surface area contributed by atoms with Crippen molar-refractivity contribution in [3.63, 3.8) is 0 Å².